The highest BCUT2D eigenvalue weighted by Crippen LogP contribution is 3.02. The first-order chi connectivity index (χ1) is 19.3. The number of aliphatic hydroxyl groups is 1. The Balaban J connectivity index is 2.01. The molecule has 242 valence electrons. The molecule has 0 bridgehead atoms. The number of nitrogens with zero attached hydrogens (tertiary/aromatic N) is 1. The minimum atomic E-state index is -9.87. The third kappa shape index (κ3) is 7.21. The van der Waals surface area contributed by atoms with Crippen molar-refractivity contribution >= 4 is 24.1 Å². The highest BCUT2D eigenvalue weighted by Gasteiger charge is 2.65. The van der Waals surface area contributed by atoms with Crippen molar-refractivity contribution in [1.29, 1.82) is 0 Å². The van der Waals surface area contributed by atoms with Crippen LogP contribution in [0.5, 0.6) is 0 Å². The van der Waals surface area contributed by atoms with Gasteiger partial charge in [-0.1, -0.05) is 86.1 Å². The molecule has 1 N–H and O–H groups in total. The Morgan fingerprint density at radius 3 is 2.16 bits per heavy atom. The van der Waals surface area contributed by atoms with Gasteiger partial charge < -0.3 is 14.3 Å². The van der Waals surface area contributed by atoms with Crippen molar-refractivity contribution in [3.63, 3.8) is 0 Å². The number of pyridine rings is 1. The fraction of sp³-hybridized carbons (Fsp3) is 0.594. The third-order valence-electron chi connectivity index (χ3n) is 9.08. The van der Waals surface area contributed by atoms with Gasteiger partial charge in [-0.2, -0.15) is 0 Å². The summed E-state index contributed by atoms with van der Waals surface area (Å²) in [5, 5.41) is 11.9. The number of rotatable bonds is 7. The number of aromatic nitrogens is 1. The van der Waals surface area contributed by atoms with Crippen LogP contribution in [0.1, 0.15) is 113 Å². The van der Waals surface area contributed by atoms with Gasteiger partial charge in [0.1, 0.15) is 11.0 Å². The van der Waals surface area contributed by atoms with E-state index in [0.29, 0.717) is 49.4 Å². The fourth-order valence-electron chi connectivity index (χ4n) is 5.82. The van der Waals surface area contributed by atoms with Gasteiger partial charge in [-0.25, -0.2) is 0 Å². The normalized spacial score (nSPS) is 22.0. The standard InChI is InChI=1S/C32H46F5NO3SSi/c1-20(2)29-28(30(39)22-10-12-23(13-11-22)42(33,34,35,36)37)26(21-14-16-40-17-15-21)27-24(38-29)18-32(6,7)19-25(27)41-43(8,9)31(3,4)5/h10-14,20,25,30,39H,15-19H2,1-9H3/t25-,30?/m0/s1. The first-order valence-corrected chi connectivity index (χ1v) is 19.7. The minimum absolute atomic E-state index is 0.0644. The summed E-state index contributed by atoms with van der Waals surface area (Å²) >= 11 is 0. The van der Waals surface area contributed by atoms with Crippen molar-refractivity contribution in [3.8, 4) is 0 Å². The Bertz CT molecular complexity index is 1420. The molecule has 1 aliphatic heterocycles. The summed E-state index contributed by atoms with van der Waals surface area (Å²) < 4.78 is 80.2. The topological polar surface area (TPSA) is 51.6 Å². The van der Waals surface area contributed by atoms with E-state index in [-0.39, 0.29) is 28.0 Å². The van der Waals surface area contributed by atoms with E-state index in [2.05, 4.69) is 47.7 Å². The Kier molecular flexibility index (Phi) is 8.22. The third-order valence-corrected chi connectivity index (χ3v) is 14.7. The fourth-order valence-corrected chi connectivity index (χ4v) is 7.73. The van der Waals surface area contributed by atoms with Crippen LogP contribution in [0.3, 0.4) is 0 Å². The van der Waals surface area contributed by atoms with Gasteiger partial charge in [0.15, 0.2) is 8.32 Å². The molecule has 2 atom stereocenters. The van der Waals surface area contributed by atoms with Crippen molar-refractivity contribution in [1.82, 2.24) is 4.98 Å². The van der Waals surface area contributed by atoms with Gasteiger partial charge in [0.05, 0.1) is 19.3 Å². The molecule has 0 radical (unpaired) electrons. The molecule has 0 saturated heterocycles. The van der Waals surface area contributed by atoms with Gasteiger partial charge in [-0.05, 0) is 77.6 Å². The molecule has 4 rings (SSSR count). The number of halogens is 5. The molecule has 4 nitrogen and oxygen atoms in total. The predicted octanol–water partition coefficient (Wildman–Crippen LogP) is 10.8. The number of aliphatic hydroxyl groups excluding tert-OH is 1. The monoisotopic (exact) mass is 647 g/mol. The molecule has 43 heavy (non-hydrogen) atoms. The molecule has 0 saturated carbocycles. The Labute approximate surface area is 253 Å². The lowest BCUT2D eigenvalue weighted by molar-refractivity contribution is 0.105. The second-order valence-electron chi connectivity index (χ2n) is 14.7. The Hall–Kier alpha value is -1.79. The second kappa shape index (κ2) is 10.4. The summed E-state index contributed by atoms with van der Waals surface area (Å²) in [5.41, 5.74) is 4.69. The molecule has 1 aromatic heterocycles. The summed E-state index contributed by atoms with van der Waals surface area (Å²) in [4.78, 5) is 3.17. The van der Waals surface area contributed by atoms with Crippen LogP contribution in [-0.4, -0.2) is 31.6 Å². The number of ether oxygens (including phenoxy) is 1. The summed E-state index contributed by atoms with van der Waals surface area (Å²) in [5.74, 6) is -0.136. The van der Waals surface area contributed by atoms with Gasteiger partial charge in [0.25, 0.3) is 0 Å². The predicted molar refractivity (Wildman–Crippen MR) is 167 cm³/mol. The SMILES string of the molecule is CC(C)c1nc2c(c(C3=CCOCC3)c1C(O)c1ccc(S(F)(F)(F)(F)F)cc1)[C@@H](O[Si](C)(C)C(C)(C)C)CC(C)(C)C2. The van der Waals surface area contributed by atoms with Crippen LogP contribution in [0.25, 0.3) is 5.57 Å². The number of fused-ring (bicyclic) bond motifs is 1. The largest absolute Gasteiger partial charge is 0.410 e. The van der Waals surface area contributed by atoms with E-state index in [1.54, 1.807) is 0 Å². The summed E-state index contributed by atoms with van der Waals surface area (Å²) in [6.45, 7) is 20.1. The van der Waals surface area contributed by atoms with Crippen molar-refractivity contribution in [2.45, 2.75) is 109 Å². The van der Waals surface area contributed by atoms with E-state index >= 15 is 0 Å². The van der Waals surface area contributed by atoms with E-state index in [0.717, 1.165) is 40.9 Å². The van der Waals surface area contributed by atoms with Crippen molar-refractivity contribution in [2.24, 2.45) is 5.41 Å². The van der Waals surface area contributed by atoms with Crippen LogP contribution < -0.4 is 0 Å². The highest BCUT2D eigenvalue weighted by molar-refractivity contribution is 8.45. The Morgan fingerprint density at radius 2 is 1.67 bits per heavy atom. The maximum atomic E-state index is 13.5. The molecule has 2 aliphatic rings. The molecule has 1 aliphatic carbocycles. The highest BCUT2D eigenvalue weighted by atomic mass is 32.5. The summed E-state index contributed by atoms with van der Waals surface area (Å²) in [6.07, 6.45) is 2.29. The summed E-state index contributed by atoms with van der Waals surface area (Å²) in [6, 6.07) is 2.60. The van der Waals surface area contributed by atoms with Crippen LogP contribution in [0.15, 0.2) is 35.2 Å². The molecule has 2 heterocycles. The number of benzene rings is 1. The zero-order valence-corrected chi connectivity index (χ0v) is 28.5. The van der Waals surface area contributed by atoms with E-state index in [9.17, 15) is 24.5 Å². The lowest BCUT2D eigenvalue weighted by Crippen LogP contribution is -2.44. The molecular weight excluding hydrogens is 601 g/mol. The van der Waals surface area contributed by atoms with Crippen molar-refractivity contribution in [3.05, 3.63) is 64.0 Å². The van der Waals surface area contributed by atoms with Crippen LogP contribution in [0.4, 0.5) is 19.4 Å². The molecule has 0 fully saturated rings. The zero-order chi connectivity index (χ0) is 32.5. The van der Waals surface area contributed by atoms with E-state index in [4.69, 9.17) is 14.1 Å². The molecular formula is C32H46F5NO3SSi. The quantitative estimate of drug-likeness (QED) is 0.240. The van der Waals surface area contributed by atoms with Gasteiger partial charge in [0, 0.05) is 22.5 Å². The zero-order valence-electron chi connectivity index (χ0n) is 26.7. The van der Waals surface area contributed by atoms with Gasteiger partial charge in [-0.3, -0.25) is 4.98 Å². The number of hydrogen-bond donors (Lipinski definition) is 1. The molecule has 11 heteroatoms. The van der Waals surface area contributed by atoms with Gasteiger partial charge >= 0.3 is 10.2 Å². The average molecular weight is 648 g/mol. The average Bonchev–Trinajstić information content (AvgIpc) is 2.85. The van der Waals surface area contributed by atoms with E-state index in [1.165, 1.54) is 0 Å². The first kappa shape index (κ1) is 34.1. The van der Waals surface area contributed by atoms with Crippen molar-refractivity contribution < 1.29 is 33.7 Å². The first-order valence-electron chi connectivity index (χ1n) is 14.8. The number of hydrogen-bond acceptors (Lipinski definition) is 4. The molecule has 1 aromatic carbocycles. The second-order valence-corrected chi connectivity index (χ2v) is 21.9. The minimum Gasteiger partial charge on any atom is -0.410 e. The Morgan fingerprint density at radius 1 is 1.07 bits per heavy atom. The molecule has 0 spiro atoms. The van der Waals surface area contributed by atoms with E-state index < -0.39 is 29.5 Å². The lowest BCUT2D eigenvalue weighted by atomic mass is 9.71. The van der Waals surface area contributed by atoms with Crippen LogP contribution in [0.2, 0.25) is 18.1 Å². The lowest BCUT2D eigenvalue weighted by Gasteiger charge is -2.45. The maximum absolute atomic E-state index is 13.5. The van der Waals surface area contributed by atoms with Gasteiger partial charge in [0.2, 0.25) is 0 Å². The van der Waals surface area contributed by atoms with Crippen LogP contribution in [0, 0.1) is 5.41 Å². The van der Waals surface area contributed by atoms with Crippen molar-refractivity contribution in [2.75, 3.05) is 13.2 Å². The molecule has 2 aromatic rings. The van der Waals surface area contributed by atoms with Gasteiger partial charge in [-0.15, -0.1) is 0 Å². The molecule has 0 amide bonds. The smallest absolute Gasteiger partial charge is 0.310 e. The van der Waals surface area contributed by atoms with Crippen LogP contribution >= 0.6 is 10.2 Å². The molecule has 1 unspecified atom stereocenters. The van der Waals surface area contributed by atoms with Crippen LogP contribution in [-0.2, 0) is 15.6 Å². The maximum Gasteiger partial charge on any atom is 0.310 e. The summed E-state index contributed by atoms with van der Waals surface area (Å²) in [7, 11) is -12.2. The van der Waals surface area contributed by atoms with E-state index in [1.807, 2.05) is 19.9 Å².